The standard InChI is InChI=1S/C17H16ClN5O3/c1-11(23-9-6-14(20-23)17(25)26)16(24)19-15-7-8-22(21-15)10-12-4-2-3-5-13(12)18/h2-9,11H,10H2,1H3,(H,25,26)(H,19,21,24). The molecular weight excluding hydrogens is 358 g/mol. The van der Waals surface area contributed by atoms with Gasteiger partial charge in [0.2, 0.25) is 5.91 Å². The molecule has 8 nitrogen and oxygen atoms in total. The fraction of sp³-hybridized carbons (Fsp3) is 0.176. The van der Waals surface area contributed by atoms with E-state index in [2.05, 4.69) is 15.5 Å². The van der Waals surface area contributed by atoms with Crippen molar-refractivity contribution < 1.29 is 14.7 Å². The van der Waals surface area contributed by atoms with Crippen LogP contribution in [0.3, 0.4) is 0 Å². The fourth-order valence-corrected chi connectivity index (χ4v) is 2.53. The minimum atomic E-state index is -1.14. The number of aromatic carboxylic acids is 1. The lowest BCUT2D eigenvalue weighted by Gasteiger charge is -2.11. The third-order valence-electron chi connectivity index (χ3n) is 3.79. The van der Waals surface area contributed by atoms with Crippen LogP contribution in [0, 0.1) is 0 Å². The number of hydrogen-bond acceptors (Lipinski definition) is 4. The Morgan fingerprint density at radius 1 is 1.19 bits per heavy atom. The highest BCUT2D eigenvalue weighted by Gasteiger charge is 2.18. The lowest BCUT2D eigenvalue weighted by atomic mass is 10.2. The van der Waals surface area contributed by atoms with E-state index < -0.39 is 12.0 Å². The minimum absolute atomic E-state index is 0.117. The van der Waals surface area contributed by atoms with E-state index in [1.54, 1.807) is 29.9 Å². The average Bonchev–Trinajstić information content (AvgIpc) is 3.26. The maximum Gasteiger partial charge on any atom is 0.356 e. The molecule has 3 rings (SSSR count). The zero-order valence-corrected chi connectivity index (χ0v) is 14.6. The van der Waals surface area contributed by atoms with E-state index in [0.717, 1.165) is 5.56 Å². The molecule has 0 aliphatic rings. The van der Waals surface area contributed by atoms with Gasteiger partial charge < -0.3 is 10.4 Å². The minimum Gasteiger partial charge on any atom is -0.476 e. The number of rotatable bonds is 6. The number of carbonyl (C=O) groups is 2. The summed E-state index contributed by atoms with van der Waals surface area (Å²) in [7, 11) is 0. The van der Waals surface area contributed by atoms with Crippen LogP contribution in [0.1, 0.15) is 29.0 Å². The van der Waals surface area contributed by atoms with Crippen molar-refractivity contribution in [3.8, 4) is 0 Å². The maximum atomic E-state index is 12.3. The summed E-state index contributed by atoms with van der Waals surface area (Å²) in [5.74, 6) is -1.11. The molecule has 1 amide bonds. The van der Waals surface area contributed by atoms with Gasteiger partial charge in [-0.15, -0.1) is 0 Å². The Morgan fingerprint density at radius 3 is 2.65 bits per heavy atom. The molecule has 2 heterocycles. The number of aromatic nitrogens is 4. The molecule has 1 aromatic carbocycles. The molecule has 3 aromatic rings. The first-order valence-corrected chi connectivity index (χ1v) is 8.18. The number of carboxylic acids is 1. The first-order valence-electron chi connectivity index (χ1n) is 7.80. The quantitative estimate of drug-likeness (QED) is 0.691. The van der Waals surface area contributed by atoms with Crippen molar-refractivity contribution in [2.24, 2.45) is 0 Å². The summed E-state index contributed by atoms with van der Waals surface area (Å²) in [5.41, 5.74) is 0.801. The molecule has 0 saturated carbocycles. The van der Waals surface area contributed by atoms with E-state index in [0.29, 0.717) is 17.4 Å². The lowest BCUT2D eigenvalue weighted by molar-refractivity contribution is -0.119. The van der Waals surface area contributed by atoms with Crippen molar-refractivity contribution in [1.82, 2.24) is 19.6 Å². The van der Waals surface area contributed by atoms with E-state index in [9.17, 15) is 9.59 Å². The van der Waals surface area contributed by atoms with E-state index in [4.69, 9.17) is 16.7 Å². The zero-order chi connectivity index (χ0) is 18.7. The summed E-state index contributed by atoms with van der Waals surface area (Å²) < 4.78 is 2.96. The number of carboxylic acid groups (broad SMARTS) is 1. The second-order valence-corrected chi connectivity index (χ2v) is 6.05. The van der Waals surface area contributed by atoms with Crippen LogP contribution in [0.15, 0.2) is 48.8 Å². The van der Waals surface area contributed by atoms with Gasteiger partial charge in [-0.05, 0) is 24.6 Å². The molecule has 1 atom stereocenters. The normalized spacial score (nSPS) is 11.9. The third-order valence-corrected chi connectivity index (χ3v) is 4.15. The number of hydrogen-bond donors (Lipinski definition) is 2. The predicted molar refractivity (Wildman–Crippen MR) is 95.3 cm³/mol. The van der Waals surface area contributed by atoms with Gasteiger partial charge in [-0.1, -0.05) is 29.8 Å². The molecule has 0 spiro atoms. The Bertz CT molecular complexity index is 949. The molecular formula is C17H16ClN5O3. The van der Waals surface area contributed by atoms with Crippen molar-refractivity contribution in [3.05, 3.63) is 65.1 Å². The first kappa shape index (κ1) is 17.7. The Morgan fingerprint density at radius 2 is 1.96 bits per heavy atom. The molecule has 1 unspecified atom stereocenters. The smallest absolute Gasteiger partial charge is 0.356 e. The van der Waals surface area contributed by atoms with E-state index in [1.807, 2.05) is 18.2 Å². The number of anilines is 1. The number of carbonyl (C=O) groups excluding carboxylic acids is 1. The zero-order valence-electron chi connectivity index (χ0n) is 13.8. The SMILES string of the molecule is CC(C(=O)Nc1ccn(Cc2ccccc2Cl)n1)n1ccc(C(=O)O)n1. The summed E-state index contributed by atoms with van der Waals surface area (Å²) in [5, 5.41) is 20.4. The highest BCUT2D eigenvalue weighted by Crippen LogP contribution is 2.17. The molecule has 0 aliphatic heterocycles. The van der Waals surface area contributed by atoms with Crippen LogP contribution in [-0.4, -0.2) is 36.5 Å². The number of benzene rings is 1. The summed E-state index contributed by atoms with van der Waals surface area (Å²) in [6.45, 7) is 2.10. The molecule has 0 fully saturated rings. The van der Waals surface area contributed by atoms with Crippen molar-refractivity contribution in [3.63, 3.8) is 0 Å². The third kappa shape index (κ3) is 3.92. The van der Waals surface area contributed by atoms with Gasteiger partial charge in [0, 0.05) is 23.5 Å². The lowest BCUT2D eigenvalue weighted by Crippen LogP contribution is -2.24. The van der Waals surface area contributed by atoms with Crippen LogP contribution >= 0.6 is 11.6 Å². The molecule has 2 aromatic heterocycles. The second kappa shape index (κ2) is 7.40. The van der Waals surface area contributed by atoms with Crippen LogP contribution in [0.4, 0.5) is 5.82 Å². The Kier molecular flexibility index (Phi) is 5.04. The Balaban J connectivity index is 1.65. The van der Waals surface area contributed by atoms with Crippen LogP contribution in [-0.2, 0) is 11.3 Å². The van der Waals surface area contributed by atoms with Gasteiger partial charge in [0.1, 0.15) is 6.04 Å². The van der Waals surface area contributed by atoms with Gasteiger partial charge in [0.05, 0.1) is 6.54 Å². The monoisotopic (exact) mass is 373 g/mol. The van der Waals surface area contributed by atoms with E-state index in [-0.39, 0.29) is 11.6 Å². The van der Waals surface area contributed by atoms with Crippen LogP contribution < -0.4 is 5.32 Å². The molecule has 26 heavy (non-hydrogen) atoms. The summed E-state index contributed by atoms with van der Waals surface area (Å²) >= 11 is 6.14. The summed E-state index contributed by atoms with van der Waals surface area (Å²) in [6, 6.07) is 9.79. The fourth-order valence-electron chi connectivity index (χ4n) is 2.34. The molecule has 2 N–H and O–H groups in total. The topological polar surface area (TPSA) is 102 Å². The number of nitrogens with one attached hydrogen (secondary N) is 1. The van der Waals surface area contributed by atoms with Crippen LogP contribution in [0.25, 0.3) is 0 Å². The van der Waals surface area contributed by atoms with Crippen molar-refractivity contribution in [2.75, 3.05) is 5.32 Å². The summed E-state index contributed by atoms with van der Waals surface area (Å²) in [6.07, 6.45) is 3.18. The van der Waals surface area contributed by atoms with E-state index in [1.165, 1.54) is 16.9 Å². The Hall–Kier alpha value is -3.13. The van der Waals surface area contributed by atoms with Gasteiger partial charge in [0.25, 0.3) is 0 Å². The van der Waals surface area contributed by atoms with Gasteiger partial charge >= 0.3 is 5.97 Å². The van der Waals surface area contributed by atoms with E-state index >= 15 is 0 Å². The summed E-state index contributed by atoms with van der Waals surface area (Å²) in [4.78, 5) is 23.2. The van der Waals surface area contributed by atoms with Crippen molar-refractivity contribution in [1.29, 1.82) is 0 Å². The molecule has 9 heteroatoms. The molecule has 0 aliphatic carbocycles. The molecule has 0 radical (unpaired) electrons. The highest BCUT2D eigenvalue weighted by atomic mass is 35.5. The van der Waals surface area contributed by atoms with Gasteiger partial charge in [-0.25, -0.2) is 4.79 Å². The largest absolute Gasteiger partial charge is 0.476 e. The number of nitrogens with zero attached hydrogens (tertiary/aromatic N) is 4. The average molecular weight is 374 g/mol. The highest BCUT2D eigenvalue weighted by molar-refractivity contribution is 6.31. The maximum absolute atomic E-state index is 12.3. The first-order chi connectivity index (χ1) is 12.4. The van der Waals surface area contributed by atoms with Crippen LogP contribution in [0.2, 0.25) is 5.02 Å². The van der Waals surface area contributed by atoms with Crippen molar-refractivity contribution in [2.45, 2.75) is 19.5 Å². The predicted octanol–water partition coefficient (Wildman–Crippen LogP) is 2.68. The van der Waals surface area contributed by atoms with Gasteiger partial charge in [0.15, 0.2) is 11.5 Å². The van der Waals surface area contributed by atoms with Crippen LogP contribution in [0.5, 0.6) is 0 Å². The van der Waals surface area contributed by atoms with Gasteiger partial charge in [-0.2, -0.15) is 10.2 Å². The van der Waals surface area contributed by atoms with Crippen molar-refractivity contribution >= 4 is 29.3 Å². The number of halogens is 1. The molecule has 0 saturated heterocycles. The second-order valence-electron chi connectivity index (χ2n) is 5.64. The Labute approximate surface area is 154 Å². The molecule has 0 bridgehead atoms. The molecule has 134 valence electrons. The van der Waals surface area contributed by atoms with Gasteiger partial charge in [-0.3, -0.25) is 14.2 Å². The number of amides is 1.